The van der Waals surface area contributed by atoms with Crippen LogP contribution < -0.4 is 9.62 Å². The fourth-order valence-electron chi connectivity index (χ4n) is 3.65. The number of allylic oxidation sites excluding steroid dienone is 3. The highest BCUT2D eigenvalue weighted by Gasteiger charge is 2.24. The Kier molecular flexibility index (Phi) is 11.5. The lowest BCUT2D eigenvalue weighted by Crippen LogP contribution is -2.19. The molecule has 0 bridgehead atoms. The quantitative estimate of drug-likeness (QED) is 0.113. The van der Waals surface area contributed by atoms with Gasteiger partial charge in [0.2, 0.25) is 5.75 Å². The summed E-state index contributed by atoms with van der Waals surface area (Å²) >= 11 is 0. The van der Waals surface area contributed by atoms with Gasteiger partial charge in [-0.2, -0.15) is 0 Å². The number of Topliss-reactive ketones (excluding diaryl/α,β-unsaturated/α-hetero) is 1. The molecule has 7 nitrogen and oxygen atoms in total. The zero-order valence-electron chi connectivity index (χ0n) is 20.4. The number of hydrogen-bond acceptors (Lipinski definition) is 7. The van der Waals surface area contributed by atoms with E-state index in [0.717, 1.165) is 38.5 Å². The van der Waals surface area contributed by atoms with Crippen LogP contribution in [-0.4, -0.2) is 23.0 Å². The standard InChI is InChI=1S/C27H36O7/c1-19(2)27(30)21-18-20(3)16-17-22(21)32-25(28)14-8-6-4-5-7-9-15-26(29)33-23-12-10-11-13-24(23)34-31/h10-13,17-20,31H,4-9,14-16H2,1-3H3. The predicted molar refractivity (Wildman–Crippen MR) is 128 cm³/mol. The van der Waals surface area contributed by atoms with E-state index in [-0.39, 0.29) is 47.5 Å². The van der Waals surface area contributed by atoms with Gasteiger partial charge in [-0.1, -0.05) is 64.7 Å². The summed E-state index contributed by atoms with van der Waals surface area (Å²) in [7, 11) is 0. The first-order chi connectivity index (χ1) is 16.3. The number of carbonyl (C=O) groups excluding carboxylic acids is 3. The lowest BCUT2D eigenvalue weighted by Gasteiger charge is -2.19. The van der Waals surface area contributed by atoms with E-state index in [4.69, 9.17) is 14.7 Å². The number of hydrogen-bond donors (Lipinski definition) is 1. The van der Waals surface area contributed by atoms with Crippen molar-refractivity contribution in [2.24, 2.45) is 11.8 Å². The molecular formula is C27H36O7. The van der Waals surface area contributed by atoms with E-state index >= 15 is 0 Å². The molecule has 0 spiro atoms. The highest BCUT2D eigenvalue weighted by atomic mass is 17.1. The minimum Gasteiger partial charge on any atom is -0.426 e. The highest BCUT2D eigenvalue weighted by molar-refractivity contribution is 6.01. The molecule has 7 heteroatoms. The molecular weight excluding hydrogens is 436 g/mol. The van der Waals surface area contributed by atoms with Crippen LogP contribution in [0.3, 0.4) is 0 Å². The van der Waals surface area contributed by atoms with E-state index in [1.54, 1.807) is 18.2 Å². The van der Waals surface area contributed by atoms with Crippen molar-refractivity contribution >= 4 is 17.7 Å². The minimum atomic E-state index is -0.372. The van der Waals surface area contributed by atoms with Gasteiger partial charge in [0.15, 0.2) is 11.5 Å². The smallest absolute Gasteiger partial charge is 0.311 e. The number of ether oxygens (including phenoxy) is 2. The van der Waals surface area contributed by atoms with Crippen molar-refractivity contribution in [1.82, 2.24) is 0 Å². The van der Waals surface area contributed by atoms with Gasteiger partial charge in [-0.3, -0.25) is 14.4 Å². The Morgan fingerprint density at radius 3 is 2.06 bits per heavy atom. The van der Waals surface area contributed by atoms with Crippen molar-refractivity contribution in [2.45, 2.75) is 78.6 Å². The van der Waals surface area contributed by atoms with E-state index in [2.05, 4.69) is 4.89 Å². The molecule has 1 aromatic rings. The molecule has 0 aromatic heterocycles. The number of carbonyl (C=O) groups is 3. The number of unbranched alkanes of at least 4 members (excludes halogenated alkanes) is 5. The molecule has 2 rings (SSSR count). The molecule has 0 radical (unpaired) electrons. The van der Waals surface area contributed by atoms with Crippen LogP contribution in [0.2, 0.25) is 0 Å². The van der Waals surface area contributed by atoms with Crippen LogP contribution in [-0.2, 0) is 19.1 Å². The molecule has 1 N–H and O–H groups in total. The van der Waals surface area contributed by atoms with Crippen molar-refractivity contribution in [3.8, 4) is 11.5 Å². The summed E-state index contributed by atoms with van der Waals surface area (Å²) in [6, 6.07) is 6.41. The van der Waals surface area contributed by atoms with Gasteiger partial charge in [-0.25, -0.2) is 5.26 Å². The Morgan fingerprint density at radius 2 is 1.47 bits per heavy atom. The first kappa shape index (κ1) is 27.3. The van der Waals surface area contributed by atoms with Gasteiger partial charge in [0, 0.05) is 18.8 Å². The summed E-state index contributed by atoms with van der Waals surface area (Å²) in [4.78, 5) is 40.8. The van der Waals surface area contributed by atoms with Gasteiger partial charge in [-0.15, -0.1) is 0 Å². The molecule has 186 valence electrons. The Labute approximate surface area is 201 Å². The lowest BCUT2D eigenvalue weighted by molar-refractivity contribution is -0.143. The van der Waals surface area contributed by atoms with E-state index in [1.807, 2.05) is 32.9 Å². The average Bonchev–Trinajstić information content (AvgIpc) is 2.81. The highest BCUT2D eigenvalue weighted by Crippen LogP contribution is 2.28. The van der Waals surface area contributed by atoms with E-state index < -0.39 is 0 Å². The fourth-order valence-corrected chi connectivity index (χ4v) is 3.65. The van der Waals surface area contributed by atoms with Crippen LogP contribution in [0.15, 0.2) is 47.7 Å². The molecule has 1 atom stereocenters. The van der Waals surface area contributed by atoms with Crippen molar-refractivity contribution in [3.63, 3.8) is 0 Å². The van der Waals surface area contributed by atoms with Crippen LogP contribution >= 0.6 is 0 Å². The Balaban J connectivity index is 1.58. The second-order valence-electron chi connectivity index (χ2n) is 8.99. The van der Waals surface area contributed by atoms with Crippen LogP contribution in [0.4, 0.5) is 0 Å². The molecule has 1 unspecified atom stereocenters. The molecule has 0 aliphatic heterocycles. The van der Waals surface area contributed by atoms with E-state index in [9.17, 15) is 14.4 Å². The molecule has 1 aromatic carbocycles. The number of rotatable bonds is 14. The normalized spacial score (nSPS) is 15.4. The van der Waals surface area contributed by atoms with Gasteiger partial charge in [0.25, 0.3) is 0 Å². The molecule has 0 amide bonds. The number of esters is 2. The zero-order chi connectivity index (χ0) is 24.9. The van der Waals surface area contributed by atoms with Crippen LogP contribution in [0.5, 0.6) is 11.5 Å². The summed E-state index contributed by atoms with van der Waals surface area (Å²) in [5.74, 6) is 0.126. The first-order valence-corrected chi connectivity index (χ1v) is 12.1. The molecule has 0 saturated carbocycles. The summed E-state index contributed by atoms with van der Waals surface area (Å²) < 4.78 is 10.7. The number of para-hydroxylation sites is 2. The van der Waals surface area contributed by atoms with Crippen molar-refractivity contribution < 1.29 is 34.0 Å². The fraction of sp³-hybridized carbons (Fsp3) is 0.519. The lowest BCUT2D eigenvalue weighted by atomic mass is 9.90. The monoisotopic (exact) mass is 472 g/mol. The van der Waals surface area contributed by atoms with E-state index in [1.165, 1.54) is 6.07 Å². The zero-order valence-corrected chi connectivity index (χ0v) is 20.4. The average molecular weight is 473 g/mol. The number of benzene rings is 1. The Morgan fingerprint density at radius 1 is 0.912 bits per heavy atom. The third-order valence-corrected chi connectivity index (χ3v) is 5.59. The third-order valence-electron chi connectivity index (χ3n) is 5.59. The summed E-state index contributed by atoms with van der Waals surface area (Å²) in [5, 5.41) is 8.79. The maximum absolute atomic E-state index is 12.4. The largest absolute Gasteiger partial charge is 0.426 e. The van der Waals surface area contributed by atoms with Crippen LogP contribution in [0.25, 0.3) is 0 Å². The van der Waals surface area contributed by atoms with Crippen LogP contribution in [0.1, 0.15) is 78.6 Å². The first-order valence-electron chi connectivity index (χ1n) is 12.1. The summed E-state index contributed by atoms with van der Waals surface area (Å²) in [5.41, 5.74) is 0.521. The van der Waals surface area contributed by atoms with Gasteiger partial charge in [0.05, 0.1) is 5.57 Å². The summed E-state index contributed by atoms with van der Waals surface area (Å²) in [6.07, 6.45) is 10.2. The van der Waals surface area contributed by atoms with Crippen molar-refractivity contribution in [1.29, 1.82) is 0 Å². The Hall–Kier alpha value is -2.93. The molecule has 34 heavy (non-hydrogen) atoms. The third kappa shape index (κ3) is 9.14. The molecule has 0 fully saturated rings. The minimum absolute atomic E-state index is 0.000389. The second-order valence-corrected chi connectivity index (χ2v) is 8.99. The maximum atomic E-state index is 12.4. The van der Waals surface area contributed by atoms with Crippen LogP contribution in [0, 0.1) is 11.8 Å². The SMILES string of the molecule is CC1C=C(C(=O)C(C)C)C(OC(=O)CCCCCCCCC(=O)Oc2ccccc2OO)=CC1. The predicted octanol–water partition coefficient (Wildman–Crippen LogP) is 6.18. The molecule has 0 saturated heterocycles. The second kappa shape index (κ2) is 14.4. The molecule has 1 aliphatic carbocycles. The number of ketones is 1. The van der Waals surface area contributed by atoms with E-state index in [0.29, 0.717) is 24.2 Å². The molecule has 0 heterocycles. The van der Waals surface area contributed by atoms with Gasteiger partial charge in [-0.05, 0) is 43.4 Å². The van der Waals surface area contributed by atoms with Crippen molar-refractivity contribution in [2.75, 3.05) is 0 Å². The molecule has 1 aliphatic rings. The van der Waals surface area contributed by atoms with Gasteiger partial charge in [0.1, 0.15) is 5.76 Å². The van der Waals surface area contributed by atoms with Gasteiger partial charge >= 0.3 is 11.9 Å². The summed E-state index contributed by atoms with van der Waals surface area (Å²) in [6.45, 7) is 5.73. The maximum Gasteiger partial charge on any atom is 0.311 e. The van der Waals surface area contributed by atoms with Crippen molar-refractivity contribution in [3.05, 3.63) is 47.7 Å². The Bertz CT molecular complexity index is 898. The van der Waals surface area contributed by atoms with Gasteiger partial charge < -0.3 is 14.4 Å². The topological polar surface area (TPSA) is 99.1 Å².